The standard InChI is InChI=1S/C10H10BrNO2/c1-6(13)4-10-12-8-5-7(11)2-3-9(8)14-10/h2-3,5-6,13H,4H2,1H3. The van der Waals surface area contributed by atoms with E-state index in [1.54, 1.807) is 6.92 Å². The number of nitrogens with zero attached hydrogens (tertiary/aromatic N) is 1. The maximum Gasteiger partial charge on any atom is 0.198 e. The van der Waals surface area contributed by atoms with Crippen molar-refractivity contribution in [2.24, 2.45) is 0 Å². The first-order chi connectivity index (χ1) is 6.65. The van der Waals surface area contributed by atoms with E-state index in [-0.39, 0.29) is 0 Å². The minimum Gasteiger partial charge on any atom is -0.441 e. The summed E-state index contributed by atoms with van der Waals surface area (Å²) in [5.74, 6) is 0.577. The van der Waals surface area contributed by atoms with E-state index in [1.807, 2.05) is 18.2 Å². The van der Waals surface area contributed by atoms with Crippen LogP contribution in [0.3, 0.4) is 0 Å². The van der Waals surface area contributed by atoms with Crippen LogP contribution in [0.1, 0.15) is 12.8 Å². The molecular weight excluding hydrogens is 246 g/mol. The van der Waals surface area contributed by atoms with Crippen LogP contribution in [0.25, 0.3) is 11.1 Å². The molecular formula is C10H10BrNO2. The monoisotopic (exact) mass is 255 g/mol. The van der Waals surface area contributed by atoms with Crippen LogP contribution in [0.4, 0.5) is 0 Å². The molecule has 1 N–H and O–H groups in total. The highest BCUT2D eigenvalue weighted by Gasteiger charge is 2.08. The fourth-order valence-electron chi connectivity index (χ4n) is 1.29. The average molecular weight is 256 g/mol. The quantitative estimate of drug-likeness (QED) is 0.897. The van der Waals surface area contributed by atoms with Gasteiger partial charge < -0.3 is 9.52 Å². The van der Waals surface area contributed by atoms with Crippen LogP contribution in [0, 0.1) is 0 Å². The van der Waals surface area contributed by atoms with Gasteiger partial charge in [-0.15, -0.1) is 0 Å². The first-order valence-corrected chi connectivity index (χ1v) is 5.17. The Morgan fingerprint density at radius 3 is 3.07 bits per heavy atom. The van der Waals surface area contributed by atoms with E-state index in [1.165, 1.54) is 0 Å². The van der Waals surface area contributed by atoms with Crippen LogP contribution in [-0.2, 0) is 6.42 Å². The second-order valence-electron chi connectivity index (χ2n) is 3.27. The molecule has 0 spiro atoms. The fourth-order valence-corrected chi connectivity index (χ4v) is 1.64. The topological polar surface area (TPSA) is 46.3 Å². The van der Waals surface area contributed by atoms with Gasteiger partial charge in [-0.1, -0.05) is 15.9 Å². The van der Waals surface area contributed by atoms with Crippen LogP contribution in [0.5, 0.6) is 0 Å². The van der Waals surface area contributed by atoms with Crippen molar-refractivity contribution in [2.75, 3.05) is 0 Å². The third kappa shape index (κ3) is 1.96. The van der Waals surface area contributed by atoms with Crippen molar-refractivity contribution in [3.8, 4) is 0 Å². The summed E-state index contributed by atoms with van der Waals surface area (Å²) >= 11 is 3.36. The Hall–Kier alpha value is -0.870. The van der Waals surface area contributed by atoms with Crippen molar-refractivity contribution in [2.45, 2.75) is 19.4 Å². The van der Waals surface area contributed by atoms with Crippen molar-refractivity contribution in [1.29, 1.82) is 0 Å². The molecule has 1 heterocycles. The average Bonchev–Trinajstić information content (AvgIpc) is 2.44. The maximum absolute atomic E-state index is 9.18. The molecule has 1 unspecified atom stereocenters. The number of oxazole rings is 1. The molecule has 0 bridgehead atoms. The smallest absolute Gasteiger partial charge is 0.198 e. The highest BCUT2D eigenvalue weighted by molar-refractivity contribution is 9.10. The molecule has 2 aromatic rings. The Morgan fingerprint density at radius 2 is 2.36 bits per heavy atom. The summed E-state index contributed by atoms with van der Waals surface area (Å²) in [4.78, 5) is 4.26. The summed E-state index contributed by atoms with van der Waals surface area (Å²) in [6, 6.07) is 5.65. The molecule has 0 saturated carbocycles. The SMILES string of the molecule is CC(O)Cc1nc2cc(Br)ccc2o1. The number of aliphatic hydroxyl groups is 1. The second-order valence-corrected chi connectivity index (χ2v) is 4.19. The minimum atomic E-state index is -0.425. The molecule has 3 nitrogen and oxygen atoms in total. The molecule has 0 aliphatic rings. The third-order valence-corrected chi connectivity index (χ3v) is 2.36. The van der Waals surface area contributed by atoms with Gasteiger partial charge in [0.15, 0.2) is 11.5 Å². The number of hydrogen-bond donors (Lipinski definition) is 1. The third-order valence-electron chi connectivity index (χ3n) is 1.86. The van der Waals surface area contributed by atoms with E-state index in [4.69, 9.17) is 4.42 Å². The van der Waals surface area contributed by atoms with Gasteiger partial charge in [-0.3, -0.25) is 0 Å². The van der Waals surface area contributed by atoms with Crippen molar-refractivity contribution in [1.82, 2.24) is 4.98 Å². The zero-order chi connectivity index (χ0) is 10.1. The first kappa shape index (κ1) is 9.68. The molecule has 0 fully saturated rings. The van der Waals surface area contributed by atoms with E-state index >= 15 is 0 Å². The Kier molecular flexibility index (Phi) is 2.56. The molecule has 74 valence electrons. The number of rotatable bonds is 2. The molecule has 4 heteroatoms. The molecule has 0 radical (unpaired) electrons. The van der Waals surface area contributed by atoms with Gasteiger partial charge in [0.25, 0.3) is 0 Å². The zero-order valence-electron chi connectivity index (χ0n) is 7.70. The zero-order valence-corrected chi connectivity index (χ0v) is 9.28. The van der Waals surface area contributed by atoms with Gasteiger partial charge in [-0.05, 0) is 25.1 Å². The Bertz CT molecular complexity index is 450. The van der Waals surface area contributed by atoms with Gasteiger partial charge in [-0.25, -0.2) is 4.98 Å². The molecule has 1 aromatic heterocycles. The molecule has 0 aliphatic heterocycles. The van der Waals surface area contributed by atoms with Crippen LogP contribution >= 0.6 is 15.9 Å². The molecule has 0 aliphatic carbocycles. The first-order valence-electron chi connectivity index (χ1n) is 4.38. The molecule has 14 heavy (non-hydrogen) atoms. The lowest BCUT2D eigenvalue weighted by atomic mass is 10.3. The van der Waals surface area contributed by atoms with Gasteiger partial charge in [0.1, 0.15) is 5.52 Å². The molecule has 0 amide bonds. The highest BCUT2D eigenvalue weighted by Crippen LogP contribution is 2.20. The largest absolute Gasteiger partial charge is 0.441 e. The number of benzene rings is 1. The van der Waals surface area contributed by atoms with Gasteiger partial charge in [-0.2, -0.15) is 0 Å². The van der Waals surface area contributed by atoms with Gasteiger partial charge in [0.2, 0.25) is 0 Å². The predicted molar refractivity (Wildman–Crippen MR) is 57.1 cm³/mol. The fraction of sp³-hybridized carbons (Fsp3) is 0.300. The number of hydrogen-bond acceptors (Lipinski definition) is 3. The number of fused-ring (bicyclic) bond motifs is 1. The summed E-state index contributed by atoms with van der Waals surface area (Å²) in [5.41, 5.74) is 1.57. The highest BCUT2D eigenvalue weighted by atomic mass is 79.9. The van der Waals surface area contributed by atoms with Crippen molar-refractivity contribution in [3.05, 3.63) is 28.6 Å². The van der Waals surface area contributed by atoms with Crippen molar-refractivity contribution < 1.29 is 9.52 Å². The van der Waals surface area contributed by atoms with Crippen molar-refractivity contribution in [3.63, 3.8) is 0 Å². The van der Waals surface area contributed by atoms with Crippen LogP contribution in [0.2, 0.25) is 0 Å². The number of halogens is 1. The maximum atomic E-state index is 9.18. The van der Waals surface area contributed by atoms with Gasteiger partial charge in [0, 0.05) is 4.47 Å². The van der Waals surface area contributed by atoms with Crippen LogP contribution in [-0.4, -0.2) is 16.2 Å². The van der Waals surface area contributed by atoms with E-state index in [0.717, 1.165) is 15.6 Å². The Balaban J connectivity index is 2.41. The lowest BCUT2D eigenvalue weighted by Crippen LogP contribution is -2.03. The summed E-state index contributed by atoms with van der Waals surface area (Å²) in [5, 5.41) is 9.18. The summed E-state index contributed by atoms with van der Waals surface area (Å²) in [6.45, 7) is 1.71. The Morgan fingerprint density at radius 1 is 1.57 bits per heavy atom. The molecule has 0 saturated heterocycles. The van der Waals surface area contributed by atoms with E-state index in [9.17, 15) is 5.11 Å². The molecule has 1 atom stereocenters. The molecule has 2 rings (SSSR count). The van der Waals surface area contributed by atoms with Crippen LogP contribution < -0.4 is 0 Å². The normalized spacial score (nSPS) is 13.4. The number of aromatic nitrogens is 1. The van der Waals surface area contributed by atoms with Crippen molar-refractivity contribution >= 4 is 27.0 Å². The summed E-state index contributed by atoms with van der Waals surface area (Å²) in [6.07, 6.45) is 0.0262. The van der Waals surface area contributed by atoms with Gasteiger partial charge >= 0.3 is 0 Å². The lowest BCUT2D eigenvalue weighted by molar-refractivity contribution is 0.186. The summed E-state index contributed by atoms with van der Waals surface area (Å²) in [7, 11) is 0. The second kappa shape index (κ2) is 3.71. The predicted octanol–water partition coefficient (Wildman–Crippen LogP) is 2.51. The lowest BCUT2D eigenvalue weighted by Gasteiger charge is -1.96. The number of aliphatic hydroxyl groups excluding tert-OH is 1. The minimum absolute atomic E-state index is 0.425. The van der Waals surface area contributed by atoms with E-state index < -0.39 is 6.10 Å². The van der Waals surface area contributed by atoms with Gasteiger partial charge in [0.05, 0.1) is 12.5 Å². The van der Waals surface area contributed by atoms with E-state index in [2.05, 4.69) is 20.9 Å². The molecule has 1 aromatic carbocycles. The Labute approximate surface area is 89.9 Å². The van der Waals surface area contributed by atoms with Crippen LogP contribution in [0.15, 0.2) is 27.1 Å². The summed E-state index contributed by atoms with van der Waals surface area (Å²) < 4.78 is 6.42. The van der Waals surface area contributed by atoms with E-state index in [0.29, 0.717) is 12.3 Å².